The lowest BCUT2D eigenvalue weighted by Gasteiger charge is -2.09. The molecule has 0 spiro atoms. The molecular weight excluding hydrogens is 230 g/mol. The third kappa shape index (κ3) is 2.80. The summed E-state index contributed by atoms with van der Waals surface area (Å²) in [6.07, 6.45) is 0. The number of aliphatic carboxylic acids is 1. The number of rotatable bonds is 4. The second kappa shape index (κ2) is 4.63. The van der Waals surface area contributed by atoms with Gasteiger partial charge in [-0.2, -0.15) is 0 Å². The van der Waals surface area contributed by atoms with E-state index in [1.165, 1.54) is 6.07 Å². The van der Waals surface area contributed by atoms with E-state index in [4.69, 9.17) is 10.8 Å². The number of carbonyl (C=O) groups is 1. The van der Waals surface area contributed by atoms with Gasteiger partial charge in [0.05, 0.1) is 10.6 Å². The Labute approximate surface area is 93.8 Å². The third-order valence-corrected chi connectivity index (χ3v) is 4.07. The third-order valence-electron chi connectivity index (χ3n) is 2.14. The second-order valence-corrected chi connectivity index (χ2v) is 5.49. The van der Waals surface area contributed by atoms with Crippen LogP contribution >= 0.6 is 0 Å². The van der Waals surface area contributed by atoms with Crippen molar-refractivity contribution >= 4 is 15.8 Å². The maximum absolute atomic E-state index is 11.8. The Balaban J connectivity index is 3.04. The van der Waals surface area contributed by atoms with Gasteiger partial charge in [-0.05, 0) is 18.6 Å². The maximum Gasteiger partial charge on any atom is 0.321 e. The standard InChI is InChI=1S/C10H13NO4S/c1-7-4-2-3-5-9(7)16(14,15)6-8(11)10(12)13/h2-5,8H,6,11H2,1H3,(H,12,13). The van der Waals surface area contributed by atoms with Gasteiger partial charge < -0.3 is 10.8 Å². The molecule has 5 nitrogen and oxygen atoms in total. The Hall–Kier alpha value is -1.40. The smallest absolute Gasteiger partial charge is 0.321 e. The molecule has 0 saturated carbocycles. The van der Waals surface area contributed by atoms with Crippen LogP contribution in [0, 0.1) is 6.92 Å². The largest absolute Gasteiger partial charge is 0.480 e. The van der Waals surface area contributed by atoms with Crippen molar-refractivity contribution < 1.29 is 18.3 Å². The van der Waals surface area contributed by atoms with Crippen LogP contribution in [0.15, 0.2) is 29.2 Å². The van der Waals surface area contributed by atoms with E-state index in [1.807, 2.05) is 0 Å². The predicted octanol–water partition coefficient (Wildman–Crippen LogP) is 0.181. The molecular formula is C10H13NO4S. The summed E-state index contributed by atoms with van der Waals surface area (Å²) in [5.74, 6) is -1.91. The van der Waals surface area contributed by atoms with Crippen molar-refractivity contribution in [2.24, 2.45) is 5.73 Å². The average molecular weight is 243 g/mol. The monoisotopic (exact) mass is 243 g/mol. The summed E-state index contributed by atoms with van der Waals surface area (Å²) in [5, 5.41) is 8.57. The molecule has 1 aromatic carbocycles. The summed E-state index contributed by atoms with van der Waals surface area (Å²) in [5.41, 5.74) is 5.79. The number of hydrogen-bond acceptors (Lipinski definition) is 4. The van der Waals surface area contributed by atoms with Crippen molar-refractivity contribution in [3.05, 3.63) is 29.8 Å². The second-order valence-electron chi connectivity index (χ2n) is 3.49. The molecule has 1 unspecified atom stereocenters. The van der Waals surface area contributed by atoms with Gasteiger partial charge in [-0.25, -0.2) is 8.42 Å². The van der Waals surface area contributed by atoms with Crippen molar-refractivity contribution in [3.63, 3.8) is 0 Å². The Bertz CT molecular complexity index is 495. The zero-order valence-corrected chi connectivity index (χ0v) is 9.57. The van der Waals surface area contributed by atoms with Crippen LogP contribution in [0.1, 0.15) is 5.56 Å². The molecule has 3 N–H and O–H groups in total. The molecule has 0 radical (unpaired) electrons. The predicted molar refractivity (Wildman–Crippen MR) is 58.8 cm³/mol. The van der Waals surface area contributed by atoms with Crippen molar-refractivity contribution in [2.45, 2.75) is 17.9 Å². The minimum absolute atomic E-state index is 0.131. The highest BCUT2D eigenvalue weighted by Gasteiger charge is 2.24. The molecule has 0 aromatic heterocycles. The number of nitrogens with two attached hydrogens (primary N) is 1. The van der Waals surface area contributed by atoms with Crippen LogP contribution in [0.4, 0.5) is 0 Å². The highest BCUT2D eigenvalue weighted by Crippen LogP contribution is 2.16. The number of carboxylic acids is 1. The summed E-state index contributed by atoms with van der Waals surface area (Å²) in [7, 11) is -3.64. The minimum atomic E-state index is -3.64. The number of sulfone groups is 1. The van der Waals surface area contributed by atoms with Gasteiger partial charge in [0.1, 0.15) is 6.04 Å². The summed E-state index contributed by atoms with van der Waals surface area (Å²) < 4.78 is 23.6. The molecule has 1 rings (SSSR count). The zero-order valence-electron chi connectivity index (χ0n) is 8.75. The molecule has 0 bridgehead atoms. The number of aryl methyl sites for hydroxylation is 1. The first-order valence-electron chi connectivity index (χ1n) is 4.61. The van der Waals surface area contributed by atoms with Gasteiger partial charge in [-0.3, -0.25) is 4.79 Å². The van der Waals surface area contributed by atoms with E-state index in [9.17, 15) is 13.2 Å². The van der Waals surface area contributed by atoms with Gasteiger partial charge in [0, 0.05) is 0 Å². The Morgan fingerprint density at radius 3 is 2.50 bits per heavy atom. The van der Waals surface area contributed by atoms with Gasteiger partial charge >= 0.3 is 5.97 Å². The summed E-state index contributed by atoms with van der Waals surface area (Å²) in [6, 6.07) is 5.00. The first-order chi connectivity index (χ1) is 7.34. The molecule has 0 aliphatic rings. The van der Waals surface area contributed by atoms with Gasteiger partial charge in [-0.15, -0.1) is 0 Å². The molecule has 0 aliphatic carbocycles. The number of hydrogen-bond donors (Lipinski definition) is 2. The quantitative estimate of drug-likeness (QED) is 0.786. The Morgan fingerprint density at radius 2 is 2.00 bits per heavy atom. The van der Waals surface area contributed by atoms with Crippen LogP contribution < -0.4 is 5.73 Å². The van der Waals surface area contributed by atoms with Crippen molar-refractivity contribution in [2.75, 3.05) is 5.75 Å². The maximum atomic E-state index is 11.8. The zero-order chi connectivity index (χ0) is 12.3. The fourth-order valence-corrected chi connectivity index (χ4v) is 2.94. The molecule has 0 amide bonds. The topological polar surface area (TPSA) is 97.5 Å². The molecule has 6 heteroatoms. The van der Waals surface area contributed by atoms with E-state index in [1.54, 1.807) is 25.1 Å². The van der Waals surface area contributed by atoms with E-state index in [-0.39, 0.29) is 4.90 Å². The van der Waals surface area contributed by atoms with Crippen LogP contribution in [-0.2, 0) is 14.6 Å². The Kier molecular flexibility index (Phi) is 3.66. The normalized spacial score (nSPS) is 13.4. The van der Waals surface area contributed by atoms with E-state index >= 15 is 0 Å². The highest BCUT2D eigenvalue weighted by molar-refractivity contribution is 7.91. The molecule has 88 valence electrons. The van der Waals surface area contributed by atoms with E-state index in [0.29, 0.717) is 5.56 Å². The van der Waals surface area contributed by atoms with Crippen LogP contribution in [0.5, 0.6) is 0 Å². The summed E-state index contributed by atoms with van der Waals surface area (Å²) in [6.45, 7) is 1.65. The van der Waals surface area contributed by atoms with Crippen molar-refractivity contribution in [3.8, 4) is 0 Å². The van der Waals surface area contributed by atoms with E-state index in [0.717, 1.165) is 0 Å². The van der Waals surface area contributed by atoms with Crippen LogP contribution in [0.2, 0.25) is 0 Å². The number of carboxylic acid groups (broad SMARTS) is 1. The van der Waals surface area contributed by atoms with Crippen LogP contribution in [0.25, 0.3) is 0 Å². The fourth-order valence-electron chi connectivity index (χ4n) is 1.30. The highest BCUT2D eigenvalue weighted by atomic mass is 32.2. The van der Waals surface area contributed by atoms with Gasteiger partial charge in [0.25, 0.3) is 0 Å². The van der Waals surface area contributed by atoms with Gasteiger partial charge in [-0.1, -0.05) is 18.2 Å². The molecule has 0 heterocycles. The number of benzene rings is 1. The van der Waals surface area contributed by atoms with E-state index < -0.39 is 27.6 Å². The fraction of sp³-hybridized carbons (Fsp3) is 0.300. The Morgan fingerprint density at radius 1 is 1.44 bits per heavy atom. The molecule has 0 saturated heterocycles. The molecule has 0 fully saturated rings. The molecule has 16 heavy (non-hydrogen) atoms. The van der Waals surface area contributed by atoms with Crippen molar-refractivity contribution in [1.29, 1.82) is 0 Å². The first kappa shape index (κ1) is 12.7. The summed E-state index contributed by atoms with van der Waals surface area (Å²) >= 11 is 0. The van der Waals surface area contributed by atoms with E-state index in [2.05, 4.69) is 0 Å². The lowest BCUT2D eigenvalue weighted by Crippen LogP contribution is -2.37. The van der Waals surface area contributed by atoms with Gasteiger partial charge in [0.2, 0.25) is 0 Å². The van der Waals surface area contributed by atoms with Crippen LogP contribution in [0.3, 0.4) is 0 Å². The molecule has 1 aromatic rings. The van der Waals surface area contributed by atoms with Gasteiger partial charge in [0.15, 0.2) is 9.84 Å². The molecule has 0 aliphatic heterocycles. The minimum Gasteiger partial charge on any atom is -0.480 e. The lowest BCUT2D eigenvalue weighted by atomic mass is 10.2. The lowest BCUT2D eigenvalue weighted by molar-refractivity contribution is -0.137. The molecule has 1 atom stereocenters. The van der Waals surface area contributed by atoms with Crippen molar-refractivity contribution in [1.82, 2.24) is 0 Å². The van der Waals surface area contributed by atoms with Crippen LogP contribution in [-0.4, -0.2) is 31.3 Å². The first-order valence-corrected chi connectivity index (χ1v) is 6.26. The average Bonchev–Trinajstić information content (AvgIpc) is 2.17. The summed E-state index contributed by atoms with van der Waals surface area (Å²) in [4.78, 5) is 10.6. The SMILES string of the molecule is Cc1ccccc1S(=O)(=O)CC(N)C(=O)O.